The third kappa shape index (κ3) is 3.20. The van der Waals surface area contributed by atoms with Gasteiger partial charge in [-0.25, -0.2) is 4.98 Å². The van der Waals surface area contributed by atoms with Gasteiger partial charge in [0.2, 0.25) is 0 Å². The van der Waals surface area contributed by atoms with E-state index in [-0.39, 0.29) is 16.6 Å². The Bertz CT molecular complexity index is 702. The Kier molecular flexibility index (Phi) is 4.54. The van der Waals surface area contributed by atoms with E-state index in [9.17, 15) is 14.9 Å². The fourth-order valence-electron chi connectivity index (χ4n) is 1.78. The molecule has 0 aliphatic carbocycles. The maximum Gasteiger partial charge on any atom is 0.287 e. The summed E-state index contributed by atoms with van der Waals surface area (Å²) in [5.41, 5.74) is 0.907. The van der Waals surface area contributed by atoms with E-state index in [1.54, 1.807) is 0 Å². The average Bonchev–Trinajstić information content (AvgIpc) is 2.85. The van der Waals surface area contributed by atoms with Gasteiger partial charge in [-0.1, -0.05) is 11.6 Å². The van der Waals surface area contributed by atoms with Crippen LogP contribution >= 0.6 is 22.9 Å². The predicted octanol–water partition coefficient (Wildman–Crippen LogP) is 3.68. The van der Waals surface area contributed by atoms with E-state index in [2.05, 4.69) is 4.98 Å². The molecule has 1 aromatic carbocycles. The van der Waals surface area contributed by atoms with Crippen LogP contribution in [0, 0.1) is 17.0 Å². The number of rotatable bonds is 4. The first-order chi connectivity index (χ1) is 9.93. The number of thiazole rings is 1. The minimum Gasteiger partial charge on any atom is -0.284 e. The smallest absolute Gasteiger partial charge is 0.284 e. The van der Waals surface area contributed by atoms with Crippen LogP contribution < -0.4 is 4.90 Å². The SMILES string of the molecule is CCN(C(=O)c1ccc([N+](=O)[O-])c(Cl)c1)c1nc(C)cs1. The molecule has 1 amide bonds. The van der Waals surface area contributed by atoms with Crippen molar-refractivity contribution in [2.45, 2.75) is 13.8 Å². The van der Waals surface area contributed by atoms with Crippen molar-refractivity contribution >= 4 is 39.7 Å². The lowest BCUT2D eigenvalue weighted by molar-refractivity contribution is -0.384. The number of anilines is 1. The third-order valence-electron chi connectivity index (χ3n) is 2.79. The lowest BCUT2D eigenvalue weighted by Crippen LogP contribution is -2.30. The molecule has 110 valence electrons. The van der Waals surface area contributed by atoms with Gasteiger partial charge in [0.1, 0.15) is 5.02 Å². The summed E-state index contributed by atoms with van der Waals surface area (Å²) in [4.78, 5) is 28.4. The number of nitro groups is 1. The van der Waals surface area contributed by atoms with Crippen LogP contribution in [0.2, 0.25) is 5.02 Å². The first kappa shape index (κ1) is 15.4. The predicted molar refractivity (Wildman–Crippen MR) is 82.3 cm³/mol. The van der Waals surface area contributed by atoms with E-state index in [4.69, 9.17) is 11.6 Å². The first-order valence-electron chi connectivity index (χ1n) is 6.12. The average molecular weight is 326 g/mol. The summed E-state index contributed by atoms with van der Waals surface area (Å²) in [6.45, 7) is 4.13. The summed E-state index contributed by atoms with van der Waals surface area (Å²) >= 11 is 7.21. The van der Waals surface area contributed by atoms with Crippen molar-refractivity contribution in [1.29, 1.82) is 0 Å². The zero-order valence-corrected chi connectivity index (χ0v) is 12.9. The minimum absolute atomic E-state index is 0.0581. The summed E-state index contributed by atoms with van der Waals surface area (Å²) < 4.78 is 0. The Hall–Kier alpha value is -1.99. The second kappa shape index (κ2) is 6.19. The molecule has 0 aliphatic heterocycles. The number of nitro benzene ring substituents is 1. The molecule has 2 aromatic rings. The van der Waals surface area contributed by atoms with Crippen molar-refractivity contribution in [1.82, 2.24) is 4.98 Å². The van der Waals surface area contributed by atoms with Crippen LogP contribution in [-0.4, -0.2) is 22.4 Å². The molecule has 1 aromatic heterocycles. The number of aryl methyl sites for hydroxylation is 1. The number of nitrogens with zero attached hydrogens (tertiary/aromatic N) is 3. The Morgan fingerprint density at radius 2 is 2.24 bits per heavy atom. The highest BCUT2D eigenvalue weighted by molar-refractivity contribution is 7.14. The topological polar surface area (TPSA) is 76.3 Å². The third-order valence-corrected chi connectivity index (χ3v) is 4.07. The molecule has 0 saturated carbocycles. The maximum atomic E-state index is 12.5. The molecule has 0 saturated heterocycles. The Labute approximate surface area is 130 Å². The zero-order valence-electron chi connectivity index (χ0n) is 11.4. The summed E-state index contributed by atoms with van der Waals surface area (Å²) in [6.07, 6.45) is 0. The molecular weight excluding hydrogens is 314 g/mol. The molecule has 6 nitrogen and oxygen atoms in total. The monoisotopic (exact) mass is 325 g/mol. The molecule has 0 spiro atoms. The Morgan fingerprint density at radius 1 is 1.52 bits per heavy atom. The van der Waals surface area contributed by atoms with Crippen molar-refractivity contribution in [2.75, 3.05) is 11.4 Å². The van der Waals surface area contributed by atoms with E-state index >= 15 is 0 Å². The first-order valence-corrected chi connectivity index (χ1v) is 7.37. The van der Waals surface area contributed by atoms with E-state index in [0.717, 1.165) is 5.69 Å². The molecule has 0 aliphatic rings. The molecule has 0 radical (unpaired) electrons. The highest BCUT2D eigenvalue weighted by atomic mass is 35.5. The minimum atomic E-state index is -0.585. The van der Waals surface area contributed by atoms with Gasteiger partial charge in [-0.2, -0.15) is 0 Å². The lowest BCUT2D eigenvalue weighted by atomic mass is 10.2. The van der Waals surface area contributed by atoms with Crippen molar-refractivity contribution in [2.24, 2.45) is 0 Å². The zero-order chi connectivity index (χ0) is 15.6. The number of aromatic nitrogens is 1. The van der Waals surface area contributed by atoms with Gasteiger partial charge in [0.25, 0.3) is 11.6 Å². The normalized spacial score (nSPS) is 10.4. The quantitative estimate of drug-likeness (QED) is 0.634. The summed E-state index contributed by atoms with van der Waals surface area (Å²) in [5, 5.41) is 13.1. The molecule has 1 heterocycles. The highest BCUT2D eigenvalue weighted by Gasteiger charge is 2.21. The van der Waals surface area contributed by atoms with Gasteiger partial charge >= 0.3 is 0 Å². The standard InChI is InChI=1S/C13H12ClN3O3S/c1-3-16(13-15-8(2)7-21-13)12(18)9-4-5-11(17(19)20)10(14)6-9/h4-7H,3H2,1-2H3. The van der Waals surface area contributed by atoms with Crippen molar-refractivity contribution in [3.8, 4) is 0 Å². The van der Waals surface area contributed by atoms with Gasteiger partial charge in [-0.05, 0) is 26.0 Å². The number of benzene rings is 1. The summed E-state index contributed by atoms with van der Waals surface area (Å²) in [7, 11) is 0. The maximum absolute atomic E-state index is 12.5. The molecule has 8 heteroatoms. The van der Waals surface area contributed by atoms with Gasteiger partial charge in [0, 0.05) is 23.6 Å². The molecule has 0 fully saturated rings. The molecule has 0 bridgehead atoms. The molecule has 0 N–H and O–H groups in total. The summed E-state index contributed by atoms with van der Waals surface area (Å²) in [5.74, 6) is -0.288. The Morgan fingerprint density at radius 3 is 2.71 bits per heavy atom. The lowest BCUT2D eigenvalue weighted by Gasteiger charge is -2.17. The summed E-state index contributed by atoms with van der Waals surface area (Å²) in [6, 6.07) is 3.94. The van der Waals surface area contributed by atoms with Crippen LogP contribution in [-0.2, 0) is 0 Å². The fourth-order valence-corrected chi connectivity index (χ4v) is 2.89. The number of carbonyl (C=O) groups is 1. The van der Waals surface area contributed by atoms with Gasteiger partial charge in [0.05, 0.1) is 10.6 Å². The Balaban J connectivity index is 2.34. The van der Waals surface area contributed by atoms with E-state index in [0.29, 0.717) is 17.2 Å². The van der Waals surface area contributed by atoms with Gasteiger partial charge in [-0.15, -0.1) is 11.3 Å². The molecule has 2 rings (SSSR count). The van der Waals surface area contributed by atoms with E-state index < -0.39 is 4.92 Å². The van der Waals surface area contributed by atoms with Gasteiger partial charge < -0.3 is 0 Å². The number of hydrogen-bond donors (Lipinski definition) is 0. The molecular formula is C13H12ClN3O3S. The van der Waals surface area contributed by atoms with Crippen molar-refractivity contribution < 1.29 is 9.72 Å². The molecule has 0 atom stereocenters. The van der Waals surface area contributed by atoms with Crippen molar-refractivity contribution in [3.05, 3.63) is 50.0 Å². The number of halogens is 1. The van der Waals surface area contributed by atoms with Gasteiger partial charge in [0.15, 0.2) is 5.13 Å². The number of amides is 1. The second-order valence-corrected chi connectivity index (χ2v) is 5.49. The largest absolute Gasteiger partial charge is 0.287 e. The van der Waals surface area contributed by atoms with Crippen LogP contribution in [0.5, 0.6) is 0 Å². The highest BCUT2D eigenvalue weighted by Crippen LogP contribution is 2.27. The van der Waals surface area contributed by atoms with Crippen molar-refractivity contribution in [3.63, 3.8) is 0 Å². The van der Waals surface area contributed by atoms with Crippen LogP contribution in [0.25, 0.3) is 0 Å². The van der Waals surface area contributed by atoms with Crippen LogP contribution in [0.15, 0.2) is 23.6 Å². The second-order valence-electron chi connectivity index (χ2n) is 4.24. The van der Waals surface area contributed by atoms with Crippen LogP contribution in [0.4, 0.5) is 10.8 Å². The van der Waals surface area contributed by atoms with Gasteiger partial charge in [-0.3, -0.25) is 19.8 Å². The van der Waals surface area contributed by atoms with Crippen LogP contribution in [0.3, 0.4) is 0 Å². The van der Waals surface area contributed by atoms with Crippen LogP contribution in [0.1, 0.15) is 23.0 Å². The molecule has 21 heavy (non-hydrogen) atoms. The fraction of sp³-hybridized carbons (Fsp3) is 0.231. The number of hydrogen-bond acceptors (Lipinski definition) is 5. The molecule has 0 unspecified atom stereocenters. The van der Waals surface area contributed by atoms with E-state index in [1.165, 1.54) is 34.4 Å². The number of carbonyl (C=O) groups excluding carboxylic acids is 1. The van der Waals surface area contributed by atoms with E-state index in [1.807, 2.05) is 19.2 Å².